The van der Waals surface area contributed by atoms with E-state index in [-0.39, 0.29) is 16.6 Å². The largest absolute Gasteiger partial charge is 0.330 e. The zero-order valence-electron chi connectivity index (χ0n) is 15.0. The molecule has 12 heteroatoms. The Balaban J connectivity index is 1.60. The van der Waals surface area contributed by atoms with Gasteiger partial charge in [-0.3, -0.25) is 4.79 Å². The van der Waals surface area contributed by atoms with E-state index in [0.29, 0.717) is 20.8 Å². The number of nitrogens with two attached hydrogens (primary N) is 1. The van der Waals surface area contributed by atoms with Crippen LogP contribution in [0.15, 0.2) is 57.8 Å². The van der Waals surface area contributed by atoms with Gasteiger partial charge in [-0.2, -0.15) is 0 Å². The molecule has 0 saturated carbocycles. The number of primary sulfonamides is 1. The molecule has 0 radical (unpaired) electrons. The number of benzene rings is 2. The van der Waals surface area contributed by atoms with Crippen LogP contribution in [-0.4, -0.2) is 29.8 Å². The molecule has 1 amide bonds. The number of aromatic nitrogens is 2. The summed E-state index contributed by atoms with van der Waals surface area (Å²) in [6.45, 7) is 1.69. The Hall–Kier alpha value is -2.54. The van der Waals surface area contributed by atoms with Gasteiger partial charge in [-0.15, -0.1) is 10.2 Å². The molecule has 3 aromatic rings. The predicted molar refractivity (Wildman–Crippen MR) is 111 cm³/mol. The van der Waals surface area contributed by atoms with E-state index in [1.165, 1.54) is 53.4 Å². The van der Waals surface area contributed by atoms with Crippen molar-refractivity contribution in [3.8, 4) is 0 Å². The molecule has 29 heavy (non-hydrogen) atoms. The third kappa shape index (κ3) is 5.97. The normalized spacial score (nSPS) is 12.4. The lowest BCUT2D eigenvalue weighted by molar-refractivity contribution is -0.115. The van der Waals surface area contributed by atoms with E-state index >= 15 is 0 Å². The number of carbonyl (C=O) groups excluding carboxylic acids is 1. The fraction of sp³-hybridized carbons (Fsp3) is 0.118. The molecule has 0 aliphatic heterocycles. The Labute approximate surface area is 174 Å². The summed E-state index contributed by atoms with van der Waals surface area (Å²) in [6, 6.07) is 11.5. The Morgan fingerprint density at radius 2 is 1.90 bits per heavy atom. The minimum absolute atomic E-state index is 0.0868. The molecular weight excluding hydrogens is 437 g/mol. The number of anilines is 3. The van der Waals surface area contributed by atoms with Gasteiger partial charge in [0.05, 0.1) is 10.1 Å². The number of halogens is 1. The van der Waals surface area contributed by atoms with Gasteiger partial charge >= 0.3 is 0 Å². The SMILES string of the molecule is CC(Sc1nnc(Nc2ccc(F)cc2)s1)C(=O)Nc1cccc(S(N)(=O)=O)c1. The molecule has 1 atom stereocenters. The maximum absolute atomic E-state index is 13.0. The van der Waals surface area contributed by atoms with Gasteiger partial charge in [0.2, 0.25) is 21.1 Å². The first kappa shape index (κ1) is 21.2. The van der Waals surface area contributed by atoms with Crippen molar-refractivity contribution in [1.82, 2.24) is 10.2 Å². The van der Waals surface area contributed by atoms with Crippen molar-refractivity contribution in [2.45, 2.75) is 21.4 Å². The summed E-state index contributed by atoms with van der Waals surface area (Å²) in [4.78, 5) is 12.3. The van der Waals surface area contributed by atoms with E-state index in [0.717, 1.165) is 0 Å². The highest BCUT2D eigenvalue weighted by Gasteiger charge is 2.18. The van der Waals surface area contributed by atoms with Crippen molar-refractivity contribution >= 4 is 55.5 Å². The summed E-state index contributed by atoms with van der Waals surface area (Å²) in [5.74, 6) is -0.664. The molecule has 0 bridgehead atoms. The van der Waals surface area contributed by atoms with Gasteiger partial charge in [-0.05, 0) is 49.4 Å². The number of amides is 1. The lowest BCUT2D eigenvalue weighted by Crippen LogP contribution is -2.22. The second kappa shape index (κ2) is 8.86. The molecule has 0 aliphatic carbocycles. The average Bonchev–Trinajstić information content (AvgIpc) is 3.10. The number of sulfonamides is 1. The fourth-order valence-electron chi connectivity index (χ4n) is 2.16. The van der Waals surface area contributed by atoms with E-state index in [4.69, 9.17) is 5.14 Å². The number of thioether (sulfide) groups is 1. The van der Waals surface area contributed by atoms with Crippen molar-refractivity contribution in [2.24, 2.45) is 5.14 Å². The monoisotopic (exact) mass is 453 g/mol. The van der Waals surface area contributed by atoms with Crippen LogP contribution in [0.3, 0.4) is 0 Å². The van der Waals surface area contributed by atoms with Gasteiger partial charge in [0.1, 0.15) is 5.82 Å². The van der Waals surface area contributed by atoms with Crippen molar-refractivity contribution in [3.05, 3.63) is 54.3 Å². The van der Waals surface area contributed by atoms with Crippen LogP contribution in [0.25, 0.3) is 0 Å². The summed E-state index contributed by atoms with van der Waals surface area (Å²) in [5, 5.41) is 18.8. The van der Waals surface area contributed by atoms with Gasteiger partial charge in [0.15, 0.2) is 4.34 Å². The minimum Gasteiger partial charge on any atom is -0.330 e. The van der Waals surface area contributed by atoms with Crippen LogP contribution in [0.1, 0.15) is 6.92 Å². The molecule has 1 heterocycles. The van der Waals surface area contributed by atoms with Crippen LogP contribution in [0.2, 0.25) is 0 Å². The maximum Gasteiger partial charge on any atom is 0.238 e. The Kier molecular flexibility index (Phi) is 6.47. The molecular formula is C17H16FN5O3S3. The number of hydrogen-bond donors (Lipinski definition) is 3. The third-order valence-electron chi connectivity index (χ3n) is 3.58. The maximum atomic E-state index is 13.0. The first-order valence-electron chi connectivity index (χ1n) is 8.17. The van der Waals surface area contributed by atoms with Gasteiger partial charge in [0, 0.05) is 11.4 Å². The minimum atomic E-state index is -3.86. The Bertz CT molecular complexity index is 1120. The molecule has 0 aliphatic rings. The van der Waals surface area contributed by atoms with Crippen LogP contribution in [0.4, 0.5) is 20.9 Å². The van der Waals surface area contributed by atoms with Gasteiger partial charge in [-0.25, -0.2) is 17.9 Å². The van der Waals surface area contributed by atoms with Crippen LogP contribution < -0.4 is 15.8 Å². The molecule has 0 saturated heterocycles. The van der Waals surface area contributed by atoms with Crippen LogP contribution in [0, 0.1) is 5.82 Å². The number of carbonyl (C=O) groups is 1. The highest BCUT2D eigenvalue weighted by molar-refractivity contribution is 8.02. The first-order chi connectivity index (χ1) is 13.7. The summed E-state index contributed by atoms with van der Waals surface area (Å²) >= 11 is 2.45. The van der Waals surface area contributed by atoms with E-state index < -0.39 is 15.3 Å². The van der Waals surface area contributed by atoms with Crippen molar-refractivity contribution < 1.29 is 17.6 Å². The van der Waals surface area contributed by atoms with Crippen molar-refractivity contribution in [3.63, 3.8) is 0 Å². The van der Waals surface area contributed by atoms with E-state index in [1.54, 1.807) is 25.1 Å². The van der Waals surface area contributed by atoms with Gasteiger partial charge in [-0.1, -0.05) is 29.2 Å². The summed E-state index contributed by atoms with van der Waals surface area (Å²) in [7, 11) is -3.86. The summed E-state index contributed by atoms with van der Waals surface area (Å²) in [5.41, 5.74) is 0.990. The van der Waals surface area contributed by atoms with Gasteiger partial charge < -0.3 is 10.6 Å². The lowest BCUT2D eigenvalue weighted by Gasteiger charge is -2.11. The average molecular weight is 454 g/mol. The summed E-state index contributed by atoms with van der Waals surface area (Å²) < 4.78 is 36.4. The second-order valence-corrected chi connectivity index (χ2v) is 9.95. The molecule has 152 valence electrons. The smallest absolute Gasteiger partial charge is 0.238 e. The van der Waals surface area contributed by atoms with Crippen molar-refractivity contribution in [2.75, 3.05) is 10.6 Å². The third-order valence-corrected chi connectivity index (χ3v) is 6.51. The molecule has 8 nitrogen and oxygen atoms in total. The lowest BCUT2D eigenvalue weighted by atomic mass is 10.3. The van der Waals surface area contributed by atoms with E-state index in [1.807, 2.05) is 0 Å². The quantitative estimate of drug-likeness (QED) is 0.469. The zero-order chi connectivity index (χ0) is 21.0. The predicted octanol–water partition coefficient (Wildman–Crippen LogP) is 3.19. The van der Waals surface area contributed by atoms with E-state index in [9.17, 15) is 17.6 Å². The zero-order valence-corrected chi connectivity index (χ0v) is 17.4. The topological polar surface area (TPSA) is 127 Å². The number of hydrogen-bond acceptors (Lipinski definition) is 8. The second-order valence-electron chi connectivity index (χ2n) is 5.83. The molecule has 3 rings (SSSR count). The molecule has 0 fully saturated rings. The summed E-state index contributed by atoms with van der Waals surface area (Å²) in [6.07, 6.45) is 0. The Morgan fingerprint density at radius 3 is 2.59 bits per heavy atom. The van der Waals surface area contributed by atoms with Gasteiger partial charge in [0.25, 0.3) is 0 Å². The molecule has 2 aromatic carbocycles. The molecule has 1 unspecified atom stereocenters. The standard InChI is InChI=1S/C17H16FN5O3S3/c1-10(15(24)20-13-3-2-4-14(9-13)29(19,25)26)27-17-23-22-16(28-17)21-12-7-5-11(18)6-8-12/h2-10H,1H3,(H,20,24)(H,21,22)(H2,19,25,26). The number of nitrogens with one attached hydrogen (secondary N) is 2. The molecule has 1 aromatic heterocycles. The first-order valence-corrected chi connectivity index (χ1v) is 11.4. The van der Waals surface area contributed by atoms with Crippen LogP contribution in [0.5, 0.6) is 0 Å². The fourth-order valence-corrected chi connectivity index (χ4v) is 4.64. The number of nitrogens with zero attached hydrogens (tertiary/aromatic N) is 2. The Morgan fingerprint density at radius 1 is 1.17 bits per heavy atom. The highest BCUT2D eigenvalue weighted by atomic mass is 32.2. The highest BCUT2D eigenvalue weighted by Crippen LogP contribution is 2.31. The number of rotatable bonds is 7. The van der Waals surface area contributed by atoms with Crippen LogP contribution >= 0.6 is 23.1 Å². The van der Waals surface area contributed by atoms with Crippen molar-refractivity contribution in [1.29, 1.82) is 0 Å². The van der Waals surface area contributed by atoms with E-state index in [2.05, 4.69) is 20.8 Å². The molecule has 0 spiro atoms. The van der Waals surface area contributed by atoms with Crippen LogP contribution in [-0.2, 0) is 14.8 Å². The molecule has 4 N–H and O–H groups in total.